The molecule has 2 atom stereocenters. The van der Waals surface area contributed by atoms with Crippen molar-refractivity contribution >= 4 is 12.1 Å². The van der Waals surface area contributed by atoms with E-state index in [-0.39, 0.29) is 12.3 Å². The minimum absolute atomic E-state index is 0.0234. The summed E-state index contributed by atoms with van der Waals surface area (Å²) in [6.07, 6.45) is -0.462. The Kier molecular flexibility index (Phi) is 7.71. The predicted octanol–water partition coefficient (Wildman–Crippen LogP) is 3.21. The highest BCUT2D eigenvalue weighted by atomic mass is 16.6. The molecule has 1 aromatic rings. The first kappa shape index (κ1) is 20.0. The molecule has 0 aliphatic rings. The molecular formula is C18H27NO5. The van der Waals surface area contributed by atoms with E-state index in [9.17, 15) is 14.7 Å². The highest BCUT2D eigenvalue weighted by Crippen LogP contribution is 2.11. The number of ether oxygens (including phenoxy) is 2. The van der Waals surface area contributed by atoms with Crippen LogP contribution >= 0.6 is 0 Å². The fraction of sp³-hybridized carbons (Fsp3) is 0.556. The standard InChI is InChI=1S/C18H27NO5/c1-13(11-23-12-14-8-6-5-7-9-14)10-15(16(20)21)19-17(22)24-18(2,3)4/h5-9,13,15H,10-12H2,1-4H3,(H,19,22)(H,20,21). The molecule has 0 saturated carbocycles. The number of hydrogen-bond donors (Lipinski definition) is 2. The Morgan fingerprint density at radius 1 is 1.21 bits per heavy atom. The lowest BCUT2D eigenvalue weighted by molar-refractivity contribution is -0.140. The van der Waals surface area contributed by atoms with Crippen molar-refractivity contribution in [3.05, 3.63) is 35.9 Å². The maximum atomic E-state index is 11.7. The number of rotatable bonds is 8. The summed E-state index contributed by atoms with van der Waals surface area (Å²) in [5, 5.41) is 11.7. The quantitative estimate of drug-likeness (QED) is 0.761. The molecule has 0 aliphatic heterocycles. The molecule has 0 saturated heterocycles. The van der Waals surface area contributed by atoms with Gasteiger partial charge in [-0.3, -0.25) is 0 Å². The van der Waals surface area contributed by atoms with Gasteiger partial charge in [0.15, 0.2) is 0 Å². The highest BCUT2D eigenvalue weighted by Gasteiger charge is 2.25. The molecule has 6 nitrogen and oxygen atoms in total. The van der Waals surface area contributed by atoms with Gasteiger partial charge in [-0.2, -0.15) is 0 Å². The van der Waals surface area contributed by atoms with Crippen LogP contribution in [-0.2, 0) is 20.9 Å². The molecule has 2 unspecified atom stereocenters. The van der Waals surface area contributed by atoms with Gasteiger partial charge in [0, 0.05) is 6.61 Å². The number of carbonyl (C=O) groups is 2. The molecule has 0 bridgehead atoms. The number of alkyl carbamates (subject to hydrolysis) is 1. The fourth-order valence-corrected chi connectivity index (χ4v) is 2.09. The fourth-order valence-electron chi connectivity index (χ4n) is 2.09. The van der Waals surface area contributed by atoms with Crippen LogP contribution in [0.4, 0.5) is 4.79 Å². The first-order chi connectivity index (χ1) is 11.2. The van der Waals surface area contributed by atoms with Gasteiger partial charge in [-0.1, -0.05) is 37.3 Å². The van der Waals surface area contributed by atoms with Crippen molar-refractivity contribution in [1.82, 2.24) is 5.32 Å². The van der Waals surface area contributed by atoms with Crippen LogP contribution in [0, 0.1) is 5.92 Å². The van der Waals surface area contributed by atoms with E-state index in [0.29, 0.717) is 13.2 Å². The number of carboxylic acids is 1. The van der Waals surface area contributed by atoms with E-state index in [4.69, 9.17) is 9.47 Å². The minimum atomic E-state index is -1.09. The SMILES string of the molecule is CC(COCc1ccccc1)CC(NC(=O)OC(C)(C)C)C(=O)O. The summed E-state index contributed by atoms with van der Waals surface area (Å²) in [6, 6.07) is 8.74. The second kappa shape index (κ2) is 9.27. The van der Waals surface area contributed by atoms with E-state index < -0.39 is 23.7 Å². The summed E-state index contributed by atoms with van der Waals surface area (Å²) >= 11 is 0. The van der Waals surface area contributed by atoms with Crippen LogP contribution in [0.15, 0.2) is 30.3 Å². The lowest BCUT2D eigenvalue weighted by atomic mass is 10.0. The second-order valence-electron chi connectivity index (χ2n) is 6.88. The van der Waals surface area contributed by atoms with E-state index in [1.165, 1.54) is 0 Å². The third-order valence-corrected chi connectivity index (χ3v) is 3.14. The largest absolute Gasteiger partial charge is 0.480 e. The van der Waals surface area contributed by atoms with Crippen molar-refractivity contribution in [2.75, 3.05) is 6.61 Å². The molecule has 6 heteroatoms. The number of benzene rings is 1. The van der Waals surface area contributed by atoms with Gasteiger partial charge in [-0.25, -0.2) is 9.59 Å². The molecule has 2 N–H and O–H groups in total. The van der Waals surface area contributed by atoms with Gasteiger partial charge in [0.1, 0.15) is 11.6 Å². The van der Waals surface area contributed by atoms with Gasteiger partial charge in [-0.15, -0.1) is 0 Å². The van der Waals surface area contributed by atoms with E-state index >= 15 is 0 Å². The molecule has 1 amide bonds. The Bertz CT molecular complexity index is 524. The van der Waals surface area contributed by atoms with Crippen LogP contribution < -0.4 is 5.32 Å². The van der Waals surface area contributed by atoms with Gasteiger partial charge < -0.3 is 19.9 Å². The molecule has 1 rings (SSSR count). The van der Waals surface area contributed by atoms with Gasteiger partial charge in [0.2, 0.25) is 0 Å². The van der Waals surface area contributed by atoms with Crippen molar-refractivity contribution in [2.24, 2.45) is 5.92 Å². The van der Waals surface area contributed by atoms with Gasteiger partial charge >= 0.3 is 12.1 Å². The Morgan fingerprint density at radius 3 is 2.38 bits per heavy atom. The smallest absolute Gasteiger partial charge is 0.408 e. The third-order valence-electron chi connectivity index (χ3n) is 3.14. The van der Waals surface area contributed by atoms with E-state index in [1.54, 1.807) is 20.8 Å². The molecular weight excluding hydrogens is 310 g/mol. The number of carboxylic acid groups (broad SMARTS) is 1. The van der Waals surface area contributed by atoms with Crippen LogP contribution in [0.2, 0.25) is 0 Å². The summed E-state index contributed by atoms with van der Waals surface area (Å²) in [7, 11) is 0. The van der Waals surface area contributed by atoms with Crippen molar-refractivity contribution in [1.29, 1.82) is 0 Å². The monoisotopic (exact) mass is 337 g/mol. The molecule has 0 aliphatic carbocycles. The maximum absolute atomic E-state index is 11.7. The molecule has 1 aromatic carbocycles. The second-order valence-corrected chi connectivity index (χ2v) is 6.88. The maximum Gasteiger partial charge on any atom is 0.408 e. The molecule has 0 aromatic heterocycles. The zero-order chi connectivity index (χ0) is 18.2. The Labute approximate surface area is 143 Å². The van der Waals surface area contributed by atoms with Crippen LogP contribution in [0.1, 0.15) is 39.7 Å². The van der Waals surface area contributed by atoms with E-state index in [1.807, 2.05) is 37.3 Å². The van der Waals surface area contributed by atoms with Crippen LogP contribution in [0.5, 0.6) is 0 Å². The molecule has 0 heterocycles. The first-order valence-corrected chi connectivity index (χ1v) is 8.01. The summed E-state index contributed by atoms with van der Waals surface area (Å²) in [6.45, 7) is 7.95. The number of nitrogens with one attached hydrogen (secondary N) is 1. The summed E-state index contributed by atoms with van der Waals surface area (Å²) in [4.78, 5) is 23.0. The molecule has 0 fully saturated rings. The first-order valence-electron chi connectivity index (χ1n) is 8.01. The Balaban J connectivity index is 2.41. The molecule has 24 heavy (non-hydrogen) atoms. The lowest BCUT2D eigenvalue weighted by Crippen LogP contribution is -2.44. The Hall–Kier alpha value is -2.08. The van der Waals surface area contributed by atoms with Crippen molar-refractivity contribution in [3.8, 4) is 0 Å². The number of carbonyl (C=O) groups excluding carboxylic acids is 1. The third kappa shape index (κ3) is 8.53. The van der Waals surface area contributed by atoms with Crippen molar-refractivity contribution < 1.29 is 24.2 Å². The van der Waals surface area contributed by atoms with Gasteiger partial charge in [-0.05, 0) is 38.7 Å². The minimum Gasteiger partial charge on any atom is -0.480 e. The Morgan fingerprint density at radius 2 is 1.83 bits per heavy atom. The average Bonchev–Trinajstić information content (AvgIpc) is 2.45. The summed E-state index contributed by atoms with van der Waals surface area (Å²) < 4.78 is 10.7. The normalized spacial score (nSPS) is 13.8. The van der Waals surface area contributed by atoms with E-state index in [0.717, 1.165) is 5.56 Å². The van der Waals surface area contributed by atoms with Crippen LogP contribution in [0.3, 0.4) is 0 Å². The lowest BCUT2D eigenvalue weighted by Gasteiger charge is -2.23. The average molecular weight is 337 g/mol. The number of aliphatic carboxylic acids is 1. The number of amides is 1. The van der Waals surface area contributed by atoms with Gasteiger partial charge in [0.25, 0.3) is 0 Å². The summed E-state index contributed by atoms with van der Waals surface area (Å²) in [5.74, 6) is -1.11. The molecule has 0 radical (unpaired) electrons. The zero-order valence-corrected chi connectivity index (χ0v) is 14.7. The molecule has 0 spiro atoms. The topological polar surface area (TPSA) is 84.9 Å². The zero-order valence-electron chi connectivity index (χ0n) is 14.7. The summed E-state index contributed by atoms with van der Waals surface area (Å²) in [5.41, 5.74) is 0.392. The predicted molar refractivity (Wildman–Crippen MR) is 90.7 cm³/mol. The molecule has 134 valence electrons. The highest BCUT2D eigenvalue weighted by molar-refractivity contribution is 5.80. The van der Waals surface area contributed by atoms with Crippen molar-refractivity contribution in [2.45, 2.75) is 52.4 Å². The van der Waals surface area contributed by atoms with E-state index in [2.05, 4.69) is 5.32 Å². The van der Waals surface area contributed by atoms with Crippen LogP contribution in [-0.4, -0.2) is 35.4 Å². The van der Waals surface area contributed by atoms with Crippen LogP contribution in [0.25, 0.3) is 0 Å². The van der Waals surface area contributed by atoms with Crippen molar-refractivity contribution in [3.63, 3.8) is 0 Å². The number of hydrogen-bond acceptors (Lipinski definition) is 4. The van der Waals surface area contributed by atoms with Gasteiger partial charge in [0.05, 0.1) is 6.61 Å².